The Balaban J connectivity index is 0. The van der Waals surface area contributed by atoms with Crippen molar-refractivity contribution in [2.75, 3.05) is 0 Å². The zero-order valence-electron chi connectivity index (χ0n) is 6.13. The molecule has 10 heavy (non-hydrogen) atoms. The zero-order chi connectivity index (χ0) is 8.62. The van der Waals surface area contributed by atoms with E-state index in [1.54, 1.807) is 0 Å². The molecule has 0 aromatic heterocycles. The molecule has 64 valence electrons. The highest BCUT2D eigenvalue weighted by atomic mass is 35.6. The van der Waals surface area contributed by atoms with Gasteiger partial charge in [0.2, 0.25) is 0 Å². The molecule has 0 saturated heterocycles. The van der Waals surface area contributed by atoms with Crippen LogP contribution in [-0.4, -0.2) is 3.25 Å². The van der Waals surface area contributed by atoms with E-state index in [-0.39, 0.29) is 0 Å². The monoisotopic (exact) mass is 224 g/mol. The molecule has 0 aromatic rings. The summed E-state index contributed by atoms with van der Waals surface area (Å²) >= 11 is 19.3. The van der Waals surface area contributed by atoms with Gasteiger partial charge in [-0.1, -0.05) is 79.5 Å². The van der Waals surface area contributed by atoms with E-state index in [0.29, 0.717) is 0 Å². The highest BCUT2D eigenvalue weighted by Gasteiger charge is 2.11. The molecule has 0 spiro atoms. The Morgan fingerprint density at radius 1 is 0.900 bits per heavy atom. The molecule has 0 amide bonds. The highest BCUT2D eigenvalue weighted by molar-refractivity contribution is 6.83. The SMILES string of the molecule is CCCCC.ClC(Cl)(Cl)Cl. The minimum Gasteiger partial charge on any atom is -0.0664 e. The Morgan fingerprint density at radius 2 is 1.10 bits per heavy atom. The largest absolute Gasteiger partial charge is 0.266 e. The molecule has 0 aliphatic rings. The summed E-state index contributed by atoms with van der Waals surface area (Å²) in [6.07, 6.45) is 4.08. The predicted molar refractivity (Wildman–Crippen MR) is 51.3 cm³/mol. The molecule has 0 fully saturated rings. The normalized spacial score (nSPS) is 10.2. The standard InChI is InChI=1S/C5H12.CCl4/c1-3-5-4-2;2-1(3,4)5/h3-5H2,1-2H3;. The third kappa shape index (κ3) is 61.1. The van der Waals surface area contributed by atoms with E-state index in [9.17, 15) is 0 Å². The Labute approximate surface area is 82.8 Å². The van der Waals surface area contributed by atoms with Gasteiger partial charge in [0, 0.05) is 0 Å². The number of alkyl halides is 4. The summed E-state index contributed by atoms with van der Waals surface area (Å²) in [5, 5.41) is 0. The van der Waals surface area contributed by atoms with Crippen LogP contribution in [0.1, 0.15) is 33.1 Å². The fourth-order valence-corrected chi connectivity index (χ4v) is 0.354. The topological polar surface area (TPSA) is 0 Å². The number of hydrogen-bond acceptors (Lipinski definition) is 0. The van der Waals surface area contributed by atoms with Crippen LogP contribution < -0.4 is 0 Å². The fraction of sp³-hybridized carbons (Fsp3) is 1.00. The number of unbranched alkanes of at least 4 members (excludes halogenated alkanes) is 2. The van der Waals surface area contributed by atoms with Gasteiger partial charge >= 0.3 is 0 Å². The average molecular weight is 226 g/mol. The van der Waals surface area contributed by atoms with Crippen molar-refractivity contribution in [2.24, 2.45) is 0 Å². The van der Waals surface area contributed by atoms with Gasteiger partial charge in [-0.15, -0.1) is 0 Å². The third-order valence-corrected chi connectivity index (χ3v) is 0.707. The smallest absolute Gasteiger partial charge is 0.0664 e. The lowest BCUT2D eigenvalue weighted by molar-refractivity contribution is 0.772. The second kappa shape index (κ2) is 8.26. The first-order valence-corrected chi connectivity index (χ1v) is 4.68. The second-order valence-corrected chi connectivity index (χ2v) is 5.21. The molecule has 0 radical (unpaired) electrons. The Morgan fingerprint density at radius 3 is 1.10 bits per heavy atom. The summed E-state index contributed by atoms with van der Waals surface area (Å²) in [5.41, 5.74) is 0. The van der Waals surface area contributed by atoms with Gasteiger partial charge in [-0.2, -0.15) is 0 Å². The summed E-state index contributed by atoms with van der Waals surface area (Å²) in [4.78, 5) is 0. The van der Waals surface area contributed by atoms with Crippen LogP contribution >= 0.6 is 46.4 Å². The molecule has 0 unspecified atom stereocenters. The third-order valence-electron chi connectivity index (χ3n) is 0.707. The maximum atomic E-state index is 4.83. The van der Waals surface area contributed by atoms with E-state index in [0.717, 1.165) is 0 Å². The van der Waals surface area contributed by atoms with Crippen molar-refractivity contribution in [3.8, 4) is 0 Å². The van der Waals surface area contributed by atoms with Crippen LogP contribution in [0.3, 0.4) is 0 Å². The molecule has 0 aromatic carbocycles. The first kappa shape index (κ1) is 13.7. The van der Waals surface area contributed by atoms with E-state index in [1.165, 1.54) is 19.3 Å². The highest BCUT2D eigenvalue weighted by Crippen LogP contribution is 2.29. The molecule has 4 heteroatoms. The Hall–Kier alpha value is 1.16. The van der Waals surface area contributed by atoms with Crippen LogP contribution in [0.5, 0.6) is 0 Å². The van der Waals surface area contributed by atoms with Crippen molar-refractivity contribution < 1.29 is 0 Å². The first-order chi connectivity index (χ1) is 4.41. The lowest BCUT2D eigenvalue weighted by atomic mass is 10.3. The summed E-state index contributed by atoms with van der Waals surface area (Å²) in [6.45, 7) is 4.42. The van der Waals surface area contributed by atoms with Crippen LogP contribution in [-0.2, 0) is 0 Å². The second-order valence-electron chi connectivity index (χ2n) is 1.78. The van der Waals surface area contributed by atoms with Crippen molar-refractivity contribution >= 4 is 46.4 Å². The summed E-state index contributed by atoms with van der Waals surface area (Å²) in [5.74, 6) is 0. The molecule has 0 nitrogen and oxygen atoms in total. The first-order valence-electron chi connectivity index (χ1n) is 3.17. The van der Waals surface area contributed by atoms with Gasteiger partial charge in [-0.3, -0.25) is 0 Å². The van der Waals surface area contributed by atoms with E-state index < -0.39 is 3.25 Å². The Kier molecular flexibility index (Phi) is 11.3. The van der Waals surface area contributed by atoms with Crippen LogP contribution in [0, 0.1) is 0 Å². The molecule has 0 aliphatic heterocycles. The summed E-state index contributed by atoms with van der Waals surface area (Å²) in [7, 11) is 0. The van der Waals surface area contributed by atoms with E-state index >= 15 is 0 Å². The van der Waals surface area contributed by atoms with E-state index in [1.807, 2.05) is 0 Å². The minimum absolute atomic E-state index is 1.34. The van der Waals surface area contributed by atoms with Crippen molar-refractivity contribution in [1.82, 2.24) is 0 Å². The minimum atomic E-state index is -1.61. The van der Waals surface area contributed by atoms with Gasteiger partial charge in [-0.05, 0) is 0 Å². The molecule has 0 N–H and O–H groups in total. The van der Waals surface area contributed by atoms with Gasteiger partial charge in [0.05, 0.1) is 0 Å². The van der Waals surface area contributed by atoms with Crippen molar-refractivity contribution in [3.05, 3.63) is 0 Å². The quantitative estimate of drug-likeness (QED) is 0.596. The van der Waals surface area contributed by atoms with Crippen LogP contribution in [0.15, 0.2) is 0 Å². The van der Waals surface area contributed by atoms with Crippen molar-refractivity contribution in [2.45, 2.75) is 36.4 Å². The summed E-state index contributed by atoms with van der Waals surface area (Å²) in [6, 6.07) is 0. The molecule has 0 saturated carbocycles. The number of halogens is 4. The average Bonchev–Trinajstić information content (AvgIpc) is 1.63. The van der Waals surface area contributed by atoms with Crippen LogP contribution in [0.4, 0.5) is 0 Å². The van der Waals surface area contributed by atoms with Crippen molar-refractivity contribution in [3.63, 3.8) is 0 Å². The molecule has 0 bridgehead atoms. The van der Waals surface area contributed by atoms with Crippen molar-refractivity contribution in [1.29, 1.82) is 0 Å². The van der Waals surface area contributed by atoms with Crippen LogP contribution in [0.25, 0.3) is 0 Å². The molecule has 0 aliphatic carbocycles. The molecular weight excluding hydrogens is 214 g/mol. The number of hydrogen-bond donors (Lipinski definition) is 0. The fourth-order valence-electron chi connectivity index (χ4n) is 0.354. The molecule has 0 rings (SSSR count). The van der Waals surface area contributed by atoms with Gasteiger partial charge in [0.15, 0.2) is 0 Å². The van der Waals surface area contributed by atoms with Crippen LogP contribution in [0.2, 0.25) is 0 Å². The maximum absolute atomic E-state index is 4.83. The lowest BCUT2D eigenvalue weighted by Crippen LogP contribution is -1.81. The maximum Gasteiger partial charge on any atom is 0.266 e. The predicted octanol–water partition coefficient (Wildman–Crippen LogP) is 4.75. The Bertz CT molecular complexity index is 49.3. The zero-order valence-corrected chi connectivity index (χ0v) is 9.16. The lowest BCUT2D eigenvalue weighted by Gasteiger charge is -1.91. The molecule has 0 heterocycles. The number of rotatable bonds is 2. The van der Waals surface area contributed by atoms with Gasteiger partial charge < -0.3 is 0 Å². The summed E-state index contributed by atoms with van der Waals surface area (Å²) < 4.78 is -1.61. The van der Waals surface area contributed by atoms with Gasteiger partial charge in [0.1, 0.15) is 0 Å². The van der Waals surface area contributed by atoms with Gasteiger partial charge in [0.25, 0.3) is 3.25 Å². The molecular formula is C6H12Cl4. The van der Waals surface area contributed by atoms with E-state index in [4.69, 9.17) is 46.4 Å². The van der Waals surface area contributed by atoms with E-state index in [2.05, 4.69) is 13.8 Å². The molecule has 0 atom stereocenters. The van der Waals surface area contributed by atoms with Gasteiger partial charge in [-0.25, -0.2) is 0 Å².